The van der Waals surface area contributed by atoms with Crippen LogP contribution in [0.25, 0.3) is 0 Å². The largest absolute Gasteiger partial charge is 0.480 e. The Morgan fingerprint density at radius 3 is 2.95 bits per heavy atom. The van der Waals surface area contributed by atoms with Crippen molar-refractivity contribution in [1.82, 2.24) is 10.2 Å². The van der Waals surface area contributed by atoms with Crippen LogP contribution in [0.4, 0.5) is 0 Å². The van der Waals surface area contributed by atoms with Crippen LogP contribution in [0.2, 0.25) is 0 Å². The summed E-state index contributed by atoms with van der Waals surface area (Å²) in [7, 11) is 0. The van der Waals surface area contributed by atoms with E-state index < -0.39 is 17.9 Å². The molecule has 7 heteroatoms. The summed E-state index contributed by atoms with van der Waals surface area (Å²) in [6.07, 6.45) is 1.90. The monoisotopic (exact) mass is 266 g/mol. The van der Waals surface area contributed by atoms with Crippen molar-refractivity contribution >= 4 is 17.8 Å². The van der Waals surface area contributed by atoms with Crippen molar-refractivity contribution in [3.05, 3.63) is 23.7 Å². The van der Waals surface area contributed by atoms with Crippen molar-refractivity contribution in [3.8, 4) is 0 Å². The molecular weight excluding hydrogens is 252 g/mol. The highest BCUT2D eigenvalue weighted by Gasteiger charge is 2.36. The Hall–Kier alpha value is -2.31. The van der Waals surface area contributed by atoms with E-state index in [4.69, 9.17) is 9.52 Å². The average molecular weight is 266 g/mol. The number of rotatable bonds is 3. The molecule has 1 saturated heterocycles. The van der Waals surface area contributed by atoms with E-state index in [-0.39, 0.29) is 19.0 Å². The fourth-order valence-corrected chi connectivity index (χ4v) is 2.04. The number of nitrogens with one attached hydrogen (secondary N) is 1. The lowest BCUT2D eigenvalue weighted by Gasteiger charge is -2.32. The zero-order valence-electron chi connectivity index (χ0n) is 10.4. The first kappa shape index (κ1) is 13.1. The maximum Gasteiger partial charge on any atom is 0.328 e. The summed E-state index contributed by atoms with van der Waals surface area (Å²) in [6.45, 7) is 1.48. The first-order valence-corrected chi connectivity index (χ1v) is 5.91. The van der Waals surface area contributed by atoms with Gasteiger partial charge in [0.2, 0.25) is 5.91 Å². The summed E-state index contributed by atoms with van der Waals surface area (Å²) < 4.78 is 5.15. The van der Waals surface area contributed by atoms with Gasteiger partial charge in [-0.3, -0.25) is 9.59 Å². The van der Waals surface area contributed by atoms with Gasteiger partial charge in [-0.2, -0.15) is 0 Å². The standard InChI is InChI=1S/C12H14N2O5/c1-2-9-7(3-4-19-9)11(16)14-6-10(15)13-5-8(14)12(17)18/h3-4,8H,2,5-6H2,1H3,(H,13,15)(H,17,18). The summed E-state index contributed by atoms with van der Waals surface area (Å²) in [5.74, 6) is -1.52. The second-order valence-electron chi connectivity index (χ2n) is 4.20. The number of nitrogens with zero attached hydrogens (tertiary/aromatic N) is 1. The van der Waals surface area contributed by atoms with Crippen LogP contribution in [0.1, 0.15) is 23.0 Å². The Morgan fingerprint density at radius 2 is 2.32 bits per heavy atom. The lowest BCUT2D eigenvalue weighted by Crippen LogP contribution is -2.59. The first-order valence-electron chi connectivity index (χ1n) is 5.91. The van der Waals surface area contributed by atoms with Crippen LogP contribution in [0, 0.1) is 0 Å². The number of carboxylic acids is 1. The number of aliphatic carboxylic acids is 1. The molecule has 1 aliphatic rings. The Labute approximate surface area is 109 Å². The van der Waals surface area contributed by atoms with Gasteiger partial charge >= 0.3 is 5.97 Å². The number of furan rings is 1. The molecule has 2 N–H and O–H groups in total. The average Bonchev–Trinajstić information content (AvgIpc) is 2.85. The molecule has 2 heterocycles. The van der Waals surface area contributed by atoms with E-state index in [1.165, 1.54) is 12.3 Å². The molecular formula is C12H14N2O5. The highest BCUT2D eigenvalue weighted by molar-refractivity contribution is 6.00. The van der Waals surface area contributed by atoms with Crippen molar-refractivity contribution in [2.24, 2.45) is 0 Å². The number of carbonyl (C=O) groups excluding carboxylic acids is 2. The molecule has 19 heavy (non-hydrogen) atoms. The lowest BCUT2D eigenvalue weighted by molar-refractivity contribution is -0.144. The molecule has 0 radical (unpaired) electrons. The summed E-state index contributed by atoms with van der Waals surface area (Å²) in [6, 6.07) is 0.442. The van der Waals surface area contributed by atoms with Gasteiger partial charge in [-0.25, -0.2) is 4.79 Å². The quantitative estimate of drug-likeness (QED) is 0.793. The van der Waals surface area contributed by atoms with Crippen LogP contribution in [-0.2, 0) is 16.0 Å². The normalized spacial score (nSPS) is 19.1. The second kappa shape index (κ2) is 5.13. The molecule has 1 aromatic heterocycles. The fraction of sp³-hybridized carbons (Fsp3) is 0.417. The van der Waals surface area contributed by atoms with E-state index in [0.29, 0.717) is 17.7 Å². The molecule has 0 bridgehead atoms. The van der Waals surface area contributed by atoms with E-state index >= 15 is 0 Å². The minimum Gasteiger partial charge on any atom is -0.480 e. The number of piperazine rings is 1. The minimum atomic E-state index is -1.14. The van der Waals surface area contributed by atoms with Crippen molar-refractivity contribution in [2.75, 3.05) is 13.1 Å². The van der Waals surface area contributed by atoms with Crippen LogP contribution in [0.5, 0.6) is 0 Å². The van der Waals surface area contributed by atoms with Gasteiger partial charge in [0, 0.05) is 13.0 Å². The SMILES string of the molecule is CCc1occc1C(=O)N1CC(=O)NCC1C(=O)O. The number of hydrogen-bond acceptors (Lipinski definition) is 4. The van der Waals surface area contributed by atoms with Crippen molar-refractivity contribution < 1.29 is 23.9 Å². The molecule has 0 aromatic carbocycles. The third-order valence-electron chi connectivity index (χ3n) is 3.03. The van der Waals surface area contributed by atoms with Crippen molar-refractivity contribution in [2.45, 2.75) is 19.4 Å². The fourth-order valence-electron chi connectivity index (χ4n) is 2.04. The van der Waals surface area contributed by atoms with E-state index in [1.807, 2.05) is 6.92 Å². The maximum atomic E-state index is 12.3. The summed E-state index contributed by atoms with van der Waals surface area (Å²) in [5.41, 5.74) is 0.309. The topological polar surface area (TPSA) is 99.9 Å². The molecule has 2 rings (SSSR count). The Bertz CT molecular complexity index is 522. The Balaban J connectivity index is 2.29. The van der Waals surface area contributed by atoms with Gasteiger partial charge in [-0.15, -0.1) is 0 Å². The second-order valence-corrected chi connectivity index (χ2v) is 4.20. The lowest BCUT2D eigenvalue weighted by atomic mass is 10.1. The van der Waals surface area contributed by atoms with E-state index in [1.54, 1.807) is 0 Å². The van der Waals surface area contributed by atoms with Gasteiger partial charge in [0.05, 0.1) is 11.8 Å². The highest BCUT2D eigenvalue weighted by Crippen LogP contribution is 2.17. The van der Waals surface area contributed by atoms with E-state index in [2.05, 4.69) is 5.32 Å². The zero-order valence-corrected chi connectivity index (χ0v) is 10.4. The van der Waals surface area contributed by atoms with Crippen LogP contribution in [0.15, 0.2) is 16.7 Å². The van der Waals surface area contributed by atoms with Crippen LogP contribution in [-0.4, -0.2) is 46.9 Å². The molecule has 2 amide bonds. The number of carboxylic acid groups (broad SMARTS) is 1. The third kappa shape index (κ3) is 2.44. The summed E-state index contributed by atoms with van der Waals surface area (Å²) in [4.78, 5) is 35.9. The Morgan fingerprint density at radius 1 is 1.58 bits per heavy atom. The predicted octanol–water partition coefficient (Wildman–Crippen LogP) is -0.133. The molecule has 0 saturated carbocycles. The highest BCUT2D eigenvalue weighted by atomic mass is 16.4. The first-order chi connectivity index (χ1) is 9.04. The molecule has 1 fully saturated rings. The van der Waals surface area contributed by atoms with Gasteiger partial charge in [0.25, 0.3) is 5.91 Å². The minimum absolute atomic E-state index is 0.0841. The molecule has 1 unspecified atom stereocenters. The van der Waals surface area contributed by atoms with Gasteiger partial charge in [0.1, 0.15) is 18.3 Å². The van der Waals surface area contributed by atoms with Gasteiger partial charge < -0.3 is 19.7 Å². The smallest absolute Gasteiger partial charge is 0.328 e. The predicted molar refractivity (Wildman–Crippen MR) is 63.6 cm³/mol. The molecule has 0 aliphatic carbocycles. The summed E-state index contributed by atoms with van der Waals surface area (Å²) >= 11 is 0. The molecule has 1 aromatic rings. The number of amides is 2. The molecule has 1 aliphatic heterocycles. The van der Waals surface area contributed by atoms with Crippen molar-refractivity contribution in [1.29, 1.82) is 0 Å². The molecule has 102 valence electrons. The molecule has 7 nitrogen and oxygen atoms in total. The van der Waals surface area contributed by atoms with Crippen LogP contribution >= 0.6 is 0 Å². The van der Waals surface area contributed by atoms with E-state index in [0.717, 1.165) is 4.90 Å². The number of hydrogen-bond donors (Lipinski definition) is 2. The van der Waals surface area contributed by atoms with Crippen molar-refractivity contribution in [3.63, 3.8) is 0 Å². The molecule has 1 atom stereocenters. The summed E-state index contributed by atoms with van der Waals surface area (Å²) in [5, 5.41) is 11.5. The number of aryl methyl sites for hydroxylation is 1. The third-order valence-corrected chi connectivity index (χ3v) is 3.03. The number of carbonyl (C=O) groups is 3. The molecule has 0 spiro atoms. The van der Waals surface area contributed by atoms with Crippen LogP contribution < -0.4 is 5.32 Å². The Kier molecular flexibility index (Phi) is 3.55. The zero-order chi connectivity index (χ0) is 14.0. The van der Waals surface area contributed by atoms with E-state index in [9.17, 15) is 14.4 Å². The van der Waals surface area contributed by atoms with Gasteiger partial charge in [0.15, 0.2) is 0 Å². The van der Waals surface area contributed by atoms with Gasteiger partial charge in [-0.1, -0.05) is 6.92 Å². The maximum absolute atomic E-state index is 12.3. The van der Waals surface area contributed by atoms with Gasteiger partial charge in [-0.05, 0) is 6.07 Å². The van der Waals surface area contributed by atoms with Crippen LogP contribution in [0.3, 0.4) is 0 Å².